The summed E-state index contributed by atoms with van der Waals surface area (Å²) in [5.41, 5.74) is 7.86. The maximum atomic E-state index is 14.1. The fraction of sp³-hybridized carbons (Fsp3) is 0.455. The van der Waals surface area contributed by atoms with Crippen LogP contribution in [0.1, 0.15) is 114 Å². The Hall–Kier alpha value is -7.07. The van der Waals surface area contributed by atoms with Gasteiger partial charge in [0.05, 0.1) is 36.2 Å². The molecule has 5 amide bonds. The molecule has 78 heavy (non-hydrogen) atoms. The zero-order chi connectivity index (χ0) is 55.1. The lowest BCUT2D eigenvalue weighted by molar-refractivity contribution is -0.161. The summed E-state index contributed by atoms with van der Waals surface area (Å²) >= 11 is 0. The molecule has 1 aromatic carbocycles. The summed E-state index contributed by atoms with van der Waals surface area (Å²) in [6.45, 7) is 14.6. The first-order chi connectivity index (χ1) is 37.2. The first-order valence-electron chi connectivity index (χ1n) is 26.5. The molecule has 4 N–H and O–H groups in total. The summed E-state index contributed by atoms with van der Waals surface area (Å²) in [4.78, 5) is 111. The number of aliphatic hydroxyl groups excluding tert-OH is 1. The predicted octanol–water partition coefficient (Wildman–Crippen LogP) is 5.68. The Bertz CT molecular complexity index is 3300. The van der Waals surface area contributed by atoms with E-state index in [4.69, 9.17) is 9.72 Å². The Labute approximate surface area is 451 Å². The number of aliphatic hydroxyl groups is 1. The van der Waals surface area contributed by atoms with Gasteiger partial charge in [0, 0.05) is 99.2 Å². The standard InChI is InChI=1S/C55H64N11O11P/c1-31-30-61(36-14-17-60(18-15-36)37-7-9-40-41(25-37)52(70)66(51(40)69)43-10-12-47(68)65(54(43)72)33(3)77-78(73,74)75)19-20-62(31)38-8-11-46(57-29-38)59-42-23-35(28-58-50(42)76-6)39-13-16-56-49(48(39)32(2)67)64-22-21-63-44(53(64)71)24-34-26-55(4,5)27-45(34)63/h7-9,11,13,16,23-25,28-29,31-33,36,43,67H,10,12,14-15,17-22,26-27,30H2,1-6H3,(H,57,59)(H2,73,74,75)/t31-,32+,33?,43-/m0/s1. The number of imide groups is 2. The fourth-order valence-electron chi connectivity index (χ4n) is 12.6. The first kappa shape index (κ1) is 53.0. The number of methoxy groups -OCH3 is 1. The van der Waals surface area contributed by atoms with Crippen molar-refractivity contribution >= 4 is 66.1 Å². The van der Waals surface area contributed by atoms with Crippen molar-refractivity contribution in [2.24, 2.45) is 5.41 Å². The number of amides is 5. The Balaban J connectivity index is 0.709. The minimum atomic E-state index is -5.06. The number of nitrogens with zero attached hydrogens (tertiary/aromatic N) is 10. The molecule has 22 nitrogen and oxygen atoms in total. The van der Waals surface area contributed by atoms with Gasteiger partial charge in [-0.2, -0.15) is 0 Å². The number of hydrogen-bond acceptors (Lipinski definition) is 16. The van der Waals surface area contributed by atoms with Crippen LogP contribution in [0, 0.1) is 5.41 Å². The van der Waals surface area contributed by atoms with Crippen LogP contribution in [0.2, 0.25) is 0 Å². The van der Waals surface area contributed by atoms with Gasteiger partial charge in [-0.3, -0.25) is 48.1 Å². The van der Waals surface area contributed by atoms with Gasteiger partial charge in [0.15, 0.2) is 0 Å². The Morgan fingerprint density at radius 1 is 0.808 bits per heavy atom. The van der Waals surface area contributed by atoms with Crippen molar-refractivity contribution in [2.75, 3.05) is 66.4 Å². The third kappa shape index (κ3) is 9.72. The Morgan fingerprint density at radius 3 is 2.27 bits per heavy atom. The van der Waals surface area contributed by atoms with Crippen molar-refractivity contribution in [2.45, 2.75) is 110 Å². The highest BCUT2D eigenvalue weighted by molar-refractivity contribution is 7.46. The van der Waals surface area contributed by atoms with Crippen molar-refractivity contribution in [1.82, 2.24) is 34.2 Å². The highest BCUT2D eigenvalue weighted by Crippen LogP contribution is 2.43. The van der Waals surface area contributed by atoms with Crippen LogP contribution in [0.15, 0.2) is 67.1 Å². The molecular weight excluding hydrogens is 1020 g/mol. The number of fused-ring (bicyclic) bond motifs is 4. The third-order valence-corrected chi connectivity index (χ3v) is 16.8. The molecule has 6 aliphatic rings. The molecule has 5 aliphatic heterocycles. The van der Waals surface area contributed by atoms with Crippen LogP contribution in [-0.4, -0.2) is 149 Å². The van der Waals surface area contributed by atoms with Crippen molar-refractivity contribution in [1.29, 1.82) is 0 Å². The minimum Gasteiger partial charge on any atom is -0.480 e. The second-order valence-corrected chi connectivity index (χ2v) is 23.2. The van der Waals surface area contributed by atoms with Crippen LogP contribution in [-0.2, 0) is 38.1 Å². The highest BCUT2D eigenvalue weighted by Gasteiger charge is 2.49. The molecule has 0 saturated carbocycles. The number of nitrogens with one attached hydrogen (secondary N) is 1. The molecule has 9 heterocycles. The number of aromatic nitrogens is 4. The summed E-state index contributed by atoms with van der Waals surface area (Å²) in [6.07, 6.45) is 5.94. The number of piperazine rings is 1. The quantitative estimate of drug-likeness (QED) is 0.0817. The largest absolute Gasteiger partial charge is 0.480 e. The van der Waals surface area contributed by atoms with Gasteiger partial charge in [-0.25, -0.2) is 19.5 Å². The minimum absolute atomic E-state index is 0.118. The Morgan fingerprint density at radius 2 is 1.56 bits per heavy atom. The van der Waals surface area contributed by atoms with Crippen molar-refractivity contribution in [3.05, 3.63) is 101 Å². The molecule has 1 aliphatic carbocycles. The van der Waals surface area contributed by atoms with E-state index in [-0.39, 0.29) is 41.3 Å². The van der Waals surface area contributed by atoms with E-state index in [1.165, 1.54) is 11.3 Å². The number of phosphoric acid groups is 1. The van der Waals surface area contributed by atoms with E-state index in [1.807, 2.05) is 36.5 Å². The molecule has 3 fully saturated rings. The zero-order valence-corrected chi connectivity index (χ0v) is 45.4. The first-order valence-corrected chi connectivity index (χ1v) is 28.1. The van der Waals surface area contributed by atoms with Gasteiger partial charge in [-0.1, -0.05) is 13.8 Å². The number of anilines is 5. The van der Waals surface area contributed by atoms with Crippen LogP contribution in [0.5, 0.6) is 5.88 Å². The highest BCUT2D eigenvalue weighted by atomic mass is 31.2. The number of ether oxygens (including phenoxy) is 1. The molecule has 1 unspecified atom stereocenters. The van der Waals surface area contributed by atoms with E-state index in [0.717, 1.165) is 81.6 Å². The summed E-state index contributed by atoms with van der Waals surface area (Å²) in [6, 6.07) is 14.0. The van der Waals surface area contributed by atoms with Crippen LogP contribution in [0.4, 0.5) is 28.7 Å². The number of carbonyl (C=O) groups is 5. The molecule has 3 saturated heterocycles. The second kappa shape index (κ2) is 20.3. The van der Waals surface area contributed by atoms with Gasteiger partial charge in [-0.05, 0) is 118 Å². The van der Waals surface area contributed by atoms with E-state index >= 15 is 0 Å². The maximum Gasteiger partial charge on any atom is 0.471 e. The number of phosphoric ester groups is 1. The number of benzene rings is 1. The number of rotatable bonds is 13. The average molecular weight is 1090 g/mol. The Kier molecular flexibility index (Phi) is 13.8. The molecule has 0 spiro atoms. The predicted molar refractivity (Wildman–Crippen MR) is 287 cm³/mol. The lowest BCUT2D eigenvalue weighted by Crippen LogP contribution is -2.58. The molecular formula is C55H64N11O11P. The van der Waals surface area contributed by atoms with Gasteiger partial charge in [0.25, 0.3) is 23.6 Å². The van der Waals surface area contributed by atoms with Crippen molar-refractivity contribution in [3.8, 4) is 17.0 Å². The number of piperidine rings is 2. The lowest BCUT2D eigenvalue weighted by atomic mass is 9.90. The van der Waals surface area contributed by atoms with Gasteiger partial charge < -0.3 is 39.3 Å². The molecule has 11 rings (SSSR count). The van der Waals surface area contributed by atoms with Crippen LogP contribution in [0.3, 0.4) is 0 Å². The molecule has 410 valence electrons. The lowest BCUT2D eigenvalue weighted by Gasteiger charge is -2.46. The average Bonchev–Trinajstić information content (AvgIpc) is 4.17. The zero-order valence-electron chi connectivity index (χ0n) is 44.5. The molecule has 4 aromatic heterocycles. The second-order valence-electron chi connectivity index (χ2n) is 22.0. The fourth-order valence-corrected chi connectivity index (χ4v) is 13.1. The summed E-state index contributed by atoms with van der Waals surface area (Å²) in [5, 5.41) is 14.7. The van der Waals surface area contributed by atoms with Gasteiger partial charge in [0.2, 0.25) is 11.8 Å². The van der Waals surface area contributed by atoms with Crippen molar-refractivity contribution in [3.63, 3.8) is 0 Å². The molecule has 4 atom stereocenters. The van der Waals surface area contributed by atoms with E-state index in [9.17, 15) is 43.4 Å². The maximum absolute atomic E-state index is 14.1. The van der Waals surface area contributed by atoms with Gasteiger partial charge >= 0.3 is 7.82 Å². The normalized spacial score (nSPS) is 21.8. The topological polar surface area (TPSA) is 257 Å². The summed E-state index contributed by atoms with van der Waals surface area (Å²) < 4.78 is 23.9. The molecule has 5 aromatic rings. The van der Waals surface area contributed by atoms with Gasteiger partial charge in [-0.15, -0.1) is 0 Å². The van der Waals surface area contributed by atoms with Crippen LogP contribution in [0.25, 0.3) is 11.1 Å². The number of carbonyl (C=O) groups excluding carboxylic acids is 5. The summed E-state index contributed by atoms with van der Waals surface area (Å²) in [5.74, 6) is -1.77. The molecule has 23 heteroatoms. The number of likely N-dealkylation sites (tertiary alicyclic amines) is 1. The van der Waals surface area contributed by atoms with Crippen LogP contribution < -0.4 is 24.8 Å². The van der Waals surface area contributed by atoms with E-state index in [2.05, 4.69) is 59.8 Å². The smallest absolute Gasteiger partial charge is 0.471 e. The monoisotopic (exact) mass is 1090 g/mol. The molecule has 0 bridgehead atoms. The van der Waals surface area contributed by atoms with E-state index < -0.39 is 49.8 Å². The summed E-state index contributed by atoms with van der Waals surface area (Å²) in [7, 11) is -3.51. The van der Waals surface area contributed by atoms with Crippen LogP contribution >= 0.6 is 7.82 Å². The SMILES string of the molecule is COc1ncc(-c2ccnc(N3CCn4c(cc5c4CC(C)(C)C5)C3=O)c2[C@@H](C)O)cc1Nc1ccc(N2CCN(C3CCN(c4ccc5c(c4)C(=O)N([C@H]4CCC(=O)N(C(C)OP(=O)(O)O)C4=O)C5=O)CC3)C[C@@H]2C)cn1. The molecule has 0 radical (unpaired) electrons. The number of hydrogen-bond donors (Lipinski definition) is 4. The van der Waals surface area contributed by atoms with Crippen molar-refractivity contribution < 1.29 is 52.7 Å². The van der Waals surface area contributed by atoms with E-state index in [1.54, 1.807) is 49.5 Å². The van der Waals surface area contributed by atoms with E-state index in [0.29, 0.717) is 69.6 Å². The van der Waals surface area contributed by atoms with Gasteiger partial charge in [0.1, 0.15) is 35.3 Å². The third-order valence-electron chi connectivity index (χ3n) is 16.3. The number of pyridine rings is 3.